The molecule has 0 spiro atoms. The third-order valence-corrected chi connectivity index (χ3v) is 4.61. The molecule has 3 rings (SSSR count). The van der Waals surface area contributed by atoms with Crippen molar-refractivity contribution in [2.45, 2.75) is 6.92 Å². The molecule has 1 aromatic heterocycles. The van der Waals surface area contributed by atoms with Gasteiger partial charge in [0.15, 0.2) is 11.5 Å². The molecule has 0 amide bonds. The maximum absolute atomic E-state index is 12.3. The highest BCUT2D eigenvalue weighted by molar-refractivity contribution is 7.21. The highest BCUT2D eigenvalue weighted by Gasteiger charge is 2.20. The third-order valence-electron chi connectivity index (χ3n) is 3.12. The smallest absolute Gasteiger partial charge is 0.343 e. The summed E-state index contributed by atoms with van der Waals surface area (Å²) < 4.78 is 6.40. The minimum absolute atomic E-state index is 0.130. The van der Waals surface area contributed by atoms with E-state index in [-0.39, 0.29) is 5.78 Å². The summed E-state index contributed by atoms with van der Waals surface area (Å²) in [6.07, 6.45) is 0. The van der Waals surface area contributed by atoms with Crippen LogP contribution in [-0.2, 0) is 0 Å². The Morgan fingerprint density at radius 3 is 2.59 bits per heavy atom. The number of ether oxygens (including phenoxy) is 1. The lowest BCUT2D eigenvalue weighted by atomic mass is 10.2. The van der Waals surface area contributed by atoms with Crippen molar-refractivity contribution in [2.24, 2.45) is 0 Å². The molecule has 0 unspecified atom stereocenters. The molecular weight excluding hydrogens is 320 g/mol. The van der Waals surface area contributed by atoms with Crippen molar-refractivity contribution in [2.75, 3.05) is 0 Å². The zero-order chi connectivity index (χ0) is 15.7. The summed E-state index contributed by atoms with van der Waals surface area (Å²) in [5, 5.41) is 1.21. The summed E-state index contributed by atoms with van der Waals surface area (Å²) in [6.45, 7) is 1.46. The largest absolute Gasteiger partial charge is 0.421 e. The molecule has 3 aromatic rings. The Morgan fingerprint density at radius 1 is 1.09 bits per heavy atom. The maximum Gasteiger partial charge on any atom is 0.343 e. The number of hydrogen-bond acceptors (Lipinski definition) is 4. The van der Waals surface area contributed by atoms with Crippen LogP contribution in [-0.4, -0.2) is 11.8 Å². The number of carbonyl (C=O) groups is 2. The molecule has 0 aliphatic rings. The second-order valence-corrected chi connectivity index (χ2v) is 6.20. The number of benzene rings is 2. The molecule has 0 atom stereocenters. The Hall–Kier alpha value is -2.17. The number of ketones is 1. The molecular formula is C17H11ClO3S. The van der Waals surface area contributed by atoms with E-state index >= 15 is 0 Å². The first-order valence-corrected chi connectivity index (χ1v) is 7.76. The summed E-state index contributed by atoms with van der Waals surface area (Å²) in [5.41, 5.74) is 0.345. The highest BCUT2D eigenvalue weighted by Crippen LogP contribution is 2.38. The summed E-state index contributed by atoms with van der Waals surface area (Å²) in [6, 6.07) is 14.0. The van der Waals surface area contributed by atoms with Crippen molar-refractivity contribution in [3.8, 4) is 5.75 Å². The van der Waals surface area contributed by atoms with Gasteiger partial charge in [0.05, 0.1) is 5.56 Å². The molecule has 1 heterocycles. The van der Waals surface area contributed by atoms with E-state index in [2.05, 4.69) is 0 Å². The fourth-order valence-corrected chi connectivity index (χ4v) is 3.34. The van der Waals surface area contributed by atoms with Crippen molar-refractivity contribution in [1.82, 2.24) is 0 Å². The van der Waals surface area contributed by atoms with E-state index in [1.807, 2.05) is 24.3 Å². The first kappa shape index (κ1) is 14.8. The van der Waals surface area contributed by atoms with Gasteiger partial charge in [0.1, 0.15) is 4.88 Å². The number of fused-ring (bicyclic) bond motifs is 1. The Labute approximate surface area is 136 Å². The van der Waals surface area contributed by atoms with Crippen LogP contribution in [0.3, 0.4) is 0 Å². The molecule has 0 aliphatic carbocycles. The van der Waals surface area contributed by atoms with Gasteiger partial charge in [-0.1, -0.05) is 29.8 Å². The number of esters is 1. The van der Waals surface area contributed by atoms with Crippen LogP contribution in [0.25, 0.3) is 10.1 Å². The lowest BCUT2D eigenvalue weighted by Crippen LogP contribution is -2.09. The third kappa shape index (κ3) is 2.75. The van der Waals surface area contributed by atoms with Gasteiger partial charge in [0.2, 0.25) is 0 Å². The van der Waals surface area contributed by atoms with Crippen LogP contribution >= 0.6 is 22.9 Å². The average Bonchev–Trinajstić information content (AvgIpc) is 2.86. The standard InChI is InChI=1S/C17H11ClO3S/c1-10(19)16-15(13-7-2-3-8-14(13)22-16)21-17(20)11-5-4-6-12(18)9-11/h2-9H,1H3. The van der Waals surface area contributed by atoms with Gasteiger partial charge in [-0.25, -0.2) is 4.79 Å². The fraction of sp³-hybridized carbons (Fsp3) is 0.0588. The van der Waals surface area contributed by atoms with Gasteiger partial charge in [-0.3, -0.25) is 4.79 Å². The fourth-order valence-electron chi connectivity index (χ4n) is 2.12. The normalized spacial score (nSPS) is 10.6. The van der Waals surface area contributed by atoms with Gasteiger partial charge in [-0.2, -0.15) is 0 Å². The van der Waals surface area contributed by atoms with Crippen LogP contribution in [0.15, 0.2) is 48.5 Å². The Kier molecular flexibility index (Phi) is 3.96. The number of carbonyl (C=O) groups excluding carboxylic acids is 2. The molecule has 110 valence electrons. The maximum atomic E-state index is 12.3. The molecule has 5 heteroatoms. The monoisotopic (exact) mass is 330 g/mol. The van der Waals surface area contributed by atoms with Crippen molar-refractivity contribution >= 4 is 44.8 Å². The number of thiophene rings is 1. The lowest BCUT2D eigenvalue weighted by molar-refractivity contribution is 0.0736. The zero-order valence-electron chi connectivity index (χ0n) is 11.6. The van der Waals surface area contributed by atoms with Crippen molar-refractivity contribution in [3.05, 3.63) is 64.0 Å². The molecule has 2 aromatic carbocycles. The summed E-state index contributed by atoms with van der Waals surface area (Å²) in [7, 11) is 0. The Morgan fingerprint density at radius 2 is 1.86 bits per heavy atom. The van der Waals surface area contributed by atoms with Crippen LogP contribution in [0.1, 0.15) is 27.0 Å². The molecule has 0 radical (unpaired) electrons. The molecule has 0 saturated carbocycles. The molecule has 0 aliphatic heterocycles. The van der Waals surface area contributed by atoms with Gasteiger partial charge in [-0.15, -0.1) is 11.3 Å². The molecule has 0 bridgehead atoms. The summed E-state index contributed by atoms with van der Waals surface area (Å²) >= 11 is 7.21. The van der Waals surface area contributed by atoms with Gasteiger partial charge in [0.25, 0.3) is 0 Å². The van der Waals surface area contributed by atoms with Gasteiger partial charge in [-0.05, 0) is 30.3 Å². The second-order valence-electron chi connectivity index (χ2n) is 4.71. The molecule has 0 N–H and O–H groups in total. The van der Waals surface area contributed by atoms with E-state index in [0.29, 0.717) is 21.2 Å². The SMILES string of the molecule is CC(=O)c1sc2ccccc2c1OC(=O)c1cccc(Cl)c1. The zero-order valence-corrected chi connectivity index (χ0v) is 13.2. The molecule has 0 saturated heterocycles. The number of Topliss-reactive ketones (excluding diaryl/α,β-unsaturated/α-hetero) is 1. The van der Waals surface area contributed by atoms with Crippen LogP contribution in [0.2, 0.25) is 5.02 Å². The van der Waals surface area contributed by atoms with Crippen molar-refractivity contribution < 1.29 is 14.3 Å². The van der Waals surface area contributed by atoms with Gasteiger partial charge < -0.3 is 4.74 Å². The first-order chi connectivity index (χ1) is 10.6. The van der Waals surface area contributed by atoms with Crippen LogP contribution in [0.5, 0.6) is 5.75 Å². The van der Waals surface area contributed by atoms with Gasteiger partial charge >= 0.3 is 5.97 Å². The van der Waals surface area contributed by atoms with E-state index in [4.69, 9.17) is 16.3 Å². The minimum atomic E-state index is -0.534. The predicted molar refractivity (Wildman–Crippen MR) is 88.2 cm³/mol. The average molecular weight is 331 g/mol. The van der Waals surface area contributed by atoms with E-state index in [0.717, 1.165) is 10.1 Å². The number of halogens is 1. The predicted octanol–water partition coefficient (Wildman–Crippen LogP) is 4.98. The van der Waals surface area contributed by atoms with Crippen molar-refractivity contribution in [1.29, 1.82) is 0 Å². The van der Waals surface area contributed by atoms with E-state index in [1.54, 1.807) is 18.2 Å². The van der Waals surface area contributed by atoms with Gasteiger partial charge in [0, 0.05) is 22.0 Å². The molecule has 3 nitrogen and oxygen atoms in total. The quantitative estimate of drug-likeness (QED) is 0.502. The van der Waals surface area contributed by atoms with E-state index in [1.165, 1.54) is 24.3 Å². The summed E-state index contributed by atoms with van der Waals surface area (Å²) in [4.78, 5) is 24.5. The summed E-state index contributed by atoms with van der Waals surface area (Å²) in [5.74, 6) is -0.346. The van der Waals surface area contributed by atoms with Crippen LogP contribution in [0, 0.1) is 0 Å². The molecule has 22 heavy (non-hydrogen) atoms. The lowest BCUT2D eigenvalue weighted by Gasteiger charge is -2.05. The first-order valence-electron chi connectivity index (χ1n) is 6.56. The Bertz CT molecular complexity index is 882. The Balaban J connectivity index is 2.04. The van der Waals surface area contributed by atoms with E-state index in [9.17, 15) is 9.59 Å². The minimum Gasteiger partial charge on any atom is -0.421 e. The number of hydrogen-bond donors (Lipinski definition) is 0. The van der Waals surface area contributed by atoms with Crippen molar-refractivity contribution in [3.63, 3.8) is 0 Å². The highest BCUT2D eigenvalue weighted by atomic mass is 35.5. The second kappa shape index (κ2) is 5.91. The van der Waals surface area contributed by atoms with Crippen LogP contribution < -0.4 is 4.74 Å². The van der Waals surface area contributed by atoms with Crippen LogP contribution in [0.4, 0.5) is 0 Å². The van der Waals surface area contributed by atoms with E-state index < -0.39 is 5.97 Å². The number of rotatable bonds is 3. The molecule has 0 fully saturated rings. The topological polar surface area (TPSA) is 43.4 Å².